The Kier molecular flexibility index (Phi) is 5.09. The van der Waals surface area contributed by atoms with Crippen molar-refractivity contribution in [3.63, 3.8) is 0 Å². The number of fused-ring (bicyclic) bond motifs is 2. The molecule has 0 bridgehead atoms. The number of thiazole rings is 1. The molecule has 0 saturated carbocycles. The molecule has 146 valence electrons. The summed E-state index contributed by atoms with van der Waals surface area (Å²) in [6, 6.07) is 15.1. The van der Waals surface area contributed by atoms with Gasteiger partial charge in [0, 0.05) is 0 Å². The van der Waals surface area contributed by atoms with Crippen LogP contribution < -0.4 is 10.1 Å². The van der Waals surface area contributed by atoms with Crippen LogP contribution in [0.25, 0.3) is 21.0 Å². The summed E-state index contributed by atoms with van der Waals surface area (Å²) in [4.78, 5) is 28.8. The molecule has 0 spiro atoms. The Bertz CT molecular complexity index is 1240. The number of nitrogens with zero attached hydrogens (tertiary/aromatic N) is 1. The lowest BCUT2D eigenvalue weighted by Crippen LogP contribution is -2.21. The van der Waals surface area contributed by atoms with Crippen molar-refractivity contribution in [3.05, 3.63) is 66.0 Å². The molecule has 6 nitrogen and oxygen atoms in total. The third-order valence-electron chi connectivity index (χ3n) is 4.22. The third kappa shape index (κ3) is 4.02. The molecule has 4 aromatic rings. The Labute approximate surface area is 168 Å². The van der Waals surface area contributed by atoms with Crippen LogP contribution in [0, 0.1) is 5.82 Å². The predicted molar refractivity (Wildman–Crippen MR) is 109 cm³/mol. The van der Waals surface area contributed by atoms with Gasteiger partial charge in [-0.05, 0) is 41.1 Å². The Hall–Kier alpha value is -3.52. The standard InChI is InChI=1S/C21H15FN2O4S/c1-27-17-9-13-5-3-2-4-12(13)8-15(17)20(26)28-11-19(25)24-21-23-16-7-6-14(22)10-18(16)29-21/h2-10H,11H2,1H3,(H,23,24,25). The molecule has 1 amide bonds. The monoisotopic (exact) mass is 410 g/mol. The van der Waals surface area contributed by atoms with E-state index in [2.05, 4.69) is 10.3 Å². The fourth-order valence-corrected chi connectivity index (χ4v) is 3.77. The van der Waals surface area contributed by atoms with E-state index in [1.54, 1.807) is 12.1 Å². The van der Waals surface area contributed by atoms with Crippen LogP contribution in [0.2, 0.25) is 0 Å². The van der Waals surface area contributed by atoms with Crippen LogP contribution in [0.3, 0.4) is 0 Å². The van der Waals surface area contributed by atoms with Gasteiger partial charge in [0.05, 0.1) is 17.3 Å². The van der Waals surface area contributed by atoms with E-state index in [4.69, 9.17) is 9.47 Å². The van der Waals surface area contributed by atoms with Crippen molar-refractivity contribution in [2.45, 2.75) is 0 Å². The van der Waals surface area contributed by atoms with Gasteiger partial charge >= 0.3 is 5.97 Å². The highest BCUT2D eigenvalue weighted by Crippen LogP contribution is 2.27. The lowest BCUT2D eigenvalue weighted by Gasteiger charge is -2.10. The molecule has 0 saturated heterocycles. The number of aromatic nitrogens is 1. The molecule has 8 heteroatoms. The molecule has 1 heterocycles. The lowest BCUT2D eigenvalue weighted by molar-refractivity contribution is -0.119. The zero-order valence-electron chi connectivity index (χ0n) is 15.3. The molecular weight excluding hydrogens is 395 g/mol. The summed E-state index contributed by atoms with van der Waals surface area (Å²) >= 11 is 1.13. The molecule has 0 atom stereocenters. The highest BCUT2D eigenvalue weighted by molar-refractivity contribution is 7.22. The molecule has 1 aromatic heterocycles. The number of hydrogen-bond donors (Lipinski definition) is 1. The van der Waals surface area contributed by atoms with Gasteiger partial charge in [-0.2, -0.15) is 0 Å². The summed E-state index contributed by atoms with van der Waals surface area (Å²) in [6.45, 7) is -0.487. The van der Waals surface area contributed by atoms with Crippen LogP contribution in [0.1, 0.15) is 10.4 Å². The molecular formula is C21H15FN2O4S. The SMILES string of the molecule is COc1cc2ccccc2cc1C(=O)OCC(=O)Nc1nc2ccc(F)cc2s1. The summed E-state index contributed by atoms with van der Waals surface area (Å²) in [5.41, 5.74) is 0.805. The zero-order chi connectivity index (χ0) is 20.4. The smallest absolute Gasteiger partial charge is 0.342 e. The van der Waals surface area contributed by atoms with E-state index in [0.29, 0.717) is 21.1 Å². The first-order valence-corrected chi connectivity index (χ1v) is 9.45. The minimum absolute atomic E-state index is 0.231. The van der Waals surface area contributed by atoms with E-state index in [9.17, 15) is 14.0 Å². The topological polar surface area (TPSA) is 77.5 Å². The Balaban J connectivity index is 1.44. The highest BCUT2D eigenvalue weighted by Gasteiger charge is 2.17. The van der Waals surface area contributed by atoms with Crippen LogP contribution in [-0.4, -0.2) is 30.6 Å². The number of rotatable bonds is 5. The van der Waals surface area contributed by atoms with Gasteiger partial charge in [0.15, 0.2) is 11.7 Å². The molecule has 1 N–H and O–H groups in total. The van der Waals surface area contributed by atoms with Crippen molar-refractivity contribution in [3.8, 4) is 5.75 Å². The normalized spacial score (nSPS) is 10.8. The Morgan fingerprint density at radius 2 is 1.86 bits per heavy atom. The summed E-state index contributed by atoms with van der Waals surface area (Å²) in [6.07, 6.45) is 0. The van der Waals surface area contributed by atoms with E-state index >= 15 is 0 Å². The number of methoxy groups -OCH3 is 1. The molecule has 0 aliphatic heterocycles. The zero-order valence-corrected chi connectivity index (χ0v) is 16.1. The average Bonchev–Trinajstić information content (AvgIpc) is 3.12. The van der Waals surface area contributed by atoms with E-state index in [1.807, 2.05) is 24.3 Å². The summed E-state index contributed by atoms with van der Waals surface area (Å²) < 4.78 is 24.3. The van der Waals surface area contributed by atoms with Gasteiger partial charge in [0.2, 0.25) is 0 Å². The number of benzene rings is 3. The molecule has 0 fully saturated rings. The molecule has 3 aromatic carbocycles. The number of hydrogen-bond acceptors (Lipinski definition) is 6. The van der Waals surface area contributed by atoms with Gasteiger partial charge in [-0.15, -0.1) is 0 Å². The maximum Gasteiger partial charge on any atom is 0.342 e. The number of amides is 1. The van der Waals surface area contributed by atoms with Crippen molar-refractivity contribution in [2.75, 3.05) is 19.0 Å². The van der Waals surface area contributed by atoms with Gasteiger partial charge in [-0.25, -0.2) is 14.2 Å². The molecule has 0 radical (unpaired) electrons. The number of carbonyl (C=O) groups excluding carboxylic acids is 2. The van der Waals surface area contributed by atoms with Crippen LogP contribution in [0.4, 0.5) is 9.52 Å². The first-order valence-electron chi connectivity index (χ1n) is 8.63. The van der Waals surface area contributed by atoms with Crippen molar-refractivity contribution < 1.29 is 23.5 Å². The van der Waals surface area contributed by atoms with E-state index in [-0.39, 0.29) is 11.4 Å². The lowest BCUT2D eigenvalue weighted by atomic mass is 10.1. The Morgan fingerprint density at radius 3 is 2.62 bits per heavy atom. The third-order valence-corrected chi connectivity index (χ3v) is 5.15. The molecule has 0 aliphatic carbocycles. The minimum atomic E-state index is -0.672. The molecule has 4 rings (SSSR count). The maximum atomic E-state index is 13.3. The number of esters is 1. The molecule has 0 unspecified atom stereocenters. The van der Waals surface area contributed by atoms with Crippen molar-refractivity contribution in [1.82, 2.24) is 4.98 Å². The molecule has 0 aliphatic rings. The van der Waals surface area contributed by atoms with Crippen molar-refractivity contribution in [2.24, 2.45) is 0 Å². The molecule has 29 heavy (non-hydrogen) atoms. The number of carbonyl (C=O) groups is 2. The minimum Gasteiger partial charge on any atom is -0.496 e. The fourth-order valence-electron chi connectivity index (χ4n) is 2.86. The second-order valence-electron chi connectivity index (χ2n) is 6.16. The Morgan fingerprint density at radius 1 is 1.10 bits per heavy atom. The fraction of sp³-hybridized carbons (Fsp3) is 0.0952. The van der Waals surface area contributed by atoms with Gasteiger partial charge in [0.1, 0.15) is 17.1 Å². The van der Waals surface area contributed by atoms with Crippen molar-refractivity contribution >= 4 is 49.3 Å². The second kappa shape index (κ2) is 7.84. The van der Waals surface area contributed by atoms with Crippen LogP contribution >= 0.6 is 11.3 Å². The number of ether oxygens (including phenoxy) is 2. The number of halogens is 1. The first kappa shape index (κ1) is 18.8. The second-order valence-corrected chi connectivity index (χ2v) is 7.19. The number of anilines is 1. The van der Waals surface area contributed by atoms with Crippen LogP contribution in [0.5, 0.6) is 5.75 Å². The highest BCUT2D eigenvalue weighted by atomic mass is 32.1. The van der Waals surface area contributed by atoms with E-state index in [1.165, 1.54) is 25.3 Å². The first-order chi connectivity index (χ1) is 14.0. The maximum absolute atomic E-state index is 13.3. The van der Waals surface area contributed by atoms with Gasteiger partial charge in [-0.3, -0.25) is 10.1 Å². The largest absolute Gasteiger partial charge is 0.496 e. The van der Waals surface area contributed by atoms with E-state index in [0.717, 1.165) is 22.1 Å². The van der Waals surface area contributed by atoms with Crippen LogP contribution in [-0.2, 0) is 9.53 Å². The van der Waals surface area contributed by atoms with Crippen LogP contribution in [0.15, 0.2) is 54.6 Å². The summed E-state index contributed by atoms with van der Waals surface area (Å²) in [5.74, 6) is -1.23. The van der Waals surface area contributed by atoms with Gasteiger partial charge in [0.25, 0.3) is 5.91 Å². The average molecular weight is 410 g/mol. The van der Waals surface area contributed by atoms with Crippen molar-refractivity contribution in [1.29, 1.82) is 0 Å². The predicted octanol–water partition coefficient (Wildman–Crippen LogP) is 4.39. The summed E-state index contributed by atoms with van der Waals surface area (Å²) in [7, 11) is 1.46. The number of nitrogens with one attached hydrogen (secondary N) is 1. The van der Waals surface area contributed by atoms with E-state index < -0.39 is 18.5 Å². The quantitative estimate of drug-likeness (QED) is 0.494. The van der Waals surface area contributed by atoms with Gasteiger partial charge in [-0.1, -0.05) is 35.6 Å². The van der Waals surface area contributed by atoms with Gasteiger partial charge < -0.3 is 9.47 Å². The summed E-state index contributed by atoms with van der Waals surface area (Å²) in [5, 5.41) is 4.63.